The van der Waals surface area contributed by atoms with Crippen LogP contribution in [0, 0.1) is 35.5 Å². The molecule has 1 aliphatic carbocycles. The second kappa shape index (κ2) is 20.5. The van der Waals surface area contributed by atoms with Crippen molar-refractivity contribution in [1.82, 2.24) is 4.90 Å². The first-order valence-corrected chi connectivity index (χ1v) is 21.1. The molecule has 2 bridgehead atoms. The Morgan fingerprint density at radius 2 is 1.59 bits per heavy atom. The topological polar surface area (TPSA) is 158 Å². The fraction of sp³-hybridized carbons (Fsp3) is 0.818. The molecule has 0 aromatic carbocycles. The van der Waals surface area contributed by atoms with Crippen molar-refractivity contribution in [2.75, 3.05) is 27.9 Å². The molecule has 0 aromatic heterocycles. The third-order valence-corrected chi connectivity index (χ3v) is 13.3. The quantitative estimate of drug-likeness (QED) is 0.192. The van der Waals surface area contributed by atoms with Gasteiger partial charge in [0.15, 0.2) is 0 Å². The highest BCUT2D eigenvalue weighted by Crippen LogP contribution is 2.39. The van der Waals surface area contributed by atoms with E-state index < -0.39 is 77.8 Å². The molecule has 4 rings (SSSR count). The molecule has 2 N–H and O–H groups in total. The Morgan fingerprint density at radius 1 is 0.929 bits per heavy atom. The molecule has 3 fully saturated rings. The zero-order valence-electron chi connectivity index (χ0n) is 35.7. The SMILES string of the molecule is CC[C@@H]1/C=C(\C)C[C@H](C)C[C@H](OC)[C@H]2OC(O)(C(=O)C(=O)N3CCCC[C@H]3C(=O)O[C@H](/C(C)=C/[C@@H]3CCC(C)C(OC)C3)[C@H](C)[C@@H](O)CC1=O)C(C)CC2OC. The van der Waals surface area contributed by atoms with Gasteiger partial charge in [0.05, 0.1) is 24.4 Å². The lowest BCUT2D eigenvalue weighted by atomic mass is 9.79. The monoisotopic (exact) mass is 790 g/mol. The number of fused-ring (bicyclic) bond motifs is 3. The lowest BCUT2D eigenvalue weighted by Gasteiger charge is -2.47. The number of methoxy groups -OCH3 is 3. The van der Waals surface area contributed by atoms with Gasteiger partial charge in [-0.15, -0.1) is 0 Å². The molecule has 14 atom stereocenters. The number of rotatable bonds is 6. The van der Waals surface area contributed by atoms with Gasteiger partial charge >= 0.3 is 5.97 Å². The van der Waals surface area contributed by atoms with Crippen molar-refractivity contribution in [2.45, 2.75) is 168 Å². The van der Waals surface area contributed by atoms with Crippen LogP contribution >= 0.6 is 0 Å². The van der Waals surface area contributed by atoms with Gasteiger partial charge in [-0.05, 0) is 101 Å². The van der Waals surface area contributed by atoms with Crippen LogP contribution in [0.25, 0.3) is 0 Å². The van der Waals surface area contributed by atoms with Gasteiger partial charge in [-0.3, -0.25) is 14.4 Å². The predicted octanol–water partition coefficient (Wildman–Crippen LogP) is 5.75. The highest BCUT2D eigenvalue weighted by Gasteiger charge is 2.56. The number of hydrogen-bond donors (Lipinski definition) is 2. The van der Waals surface area contributed by atoms with Crippen LogP contribution in [0.2, 0.25) is 0 Å². The number of aliphatic hydroxyl groups excluding tert-OH is 1. The van der Waals surface area contributed by atoms with Gasteiger partial charge in [-0.1, -0.05) is 52.3 Å². The van der Waals surface area contributed by atoms with Crippen molar-refractivity contribution in [3.05, 3.63) is 23.3 Å². The van der Waals surface area contributed by atoms with Crippen molar-refractivity contribution < 1.29 is 53.1 Å². The largest absolute Gasteiger partial charge is 0.456 e. The highest BCUT2D eigenvalue weighted by atomic mass is 16.7. The molecule has 0 spiro atoms. The van der Waals surface area contributed by atoms with Crippen LogP contribution in [-0.4, -0.2) is 115 Å². The van der Waals surface area contributed by atoms with Crippen LogP contribution in [0.1, 0.15) is 119 Å². The summed E-state index contributed by atoms with van der Waals surface area (Å²) >= 11 is 0. The number of amides is 1. The Morgan fingerprint density at radius 3 is 2.23 bits per heavy atom. The zero-order valence-corrected chi connectivity index (χ0v) is 35.7. The van der Waals surface area contributed by atoms with E-state index in [1.807, 2.05) is 26.8 Å². The summed E-state index contributed by atoms with van der Waals surface area (Å²) in [5.74, 6) is -6.68. The molecular weight excluding hydrogens is 718 g/mol. The van der Waals surface area contributed by atoms with E-state index in [2.05, 4.69) is 19.9 Å². The van der Waals surface area contributed by atoms with E-state index in [9.17, 15) is 29.4 Å². The van der Waals surface area contributed by atoms with Gasteiger partial charge in [0.25, 0.3) is 11.7 Å². The van der Waals surface area contributed by atoms with E-state index in [1.165, 1.54) is 4.90 Å². The Bertz CT molecular complexity index is 1430. The third-order valence-electron chi connectivity index (χ3n) is 13.3. The van der Waals surface area contributed by atoms with Gasteiger partial charge in [0, 0.05) is 52.0 Å². The molecule has 3 heterocycles. The van der Waals surface area contributed by atoms with E-state index in [0.717, 1.165) is 30.4 Å². The summed E-state index contributed by atoms with van der Waals surface area (Å²) in [6.45, 7) is 13.6. The molecule has 1 amide bonds. The lowest BCUT2D eigenvalue weighted by Crippen LogP contribution is -2.64. The minimum Gasteiger partial charge on any atom is -0.456 e. The maximum absolute atomic E-state index is 14.3. The molecular formula is C44H71NO11. The first-order chi connectivity index (χ1) is 26.5. The van der Waals surface area contributed by atoms with Gasteiger partial charge in [0.2, 0.25) is 5.79 Å². The van der Waals surface area contributed by atoms with Gasteiger partial charge in [-0.2, -0.15) is 0 Å². The van der Waals surface area contributed by atoms with Crippen LogP contribution in [-0.2, 0) is 42.9 Å². The second-order valence-corrected chi connectivity index (χ2v) is 17.6. The first kappa shape index (κ1) is 46.2. The Balaban J connectivity index is 1.76. The zero-order chi connectivity index (χ0) is 41.5. The normalized spacial score (nSPS) is 41.6. The Labute approximate surface area is 335 Å². The van der Waals surface area contributed by atoms with Crippen molar-refractivity contribution in [2.24, 2.45) is 35.5 Å². The summed E-state index contributed by atoms with van der Waals surface area (Å²) in [5, 5.41) is 23.7. The Kier molecular flexibility index (Phi) is 16.9. The van der Waals surface area contributed by atoms with E-state index in [4.69, 9.17) is 23.7 Å². The molecule has 4 aliphatic rings. The van der Waals surface area contributed by atoms with Crippen LogP contribution < -0.4 is 0 Å². The number of ketones is 2. The number of carbonyl (C=O) groups is 4. The average molecular weight is 790 g/mol. The molecule has 318 valence electrons. The van der Waals surface area contributed by atoms with Crippen molar-refractivity contribution in [1.29, 1.82) is 0 Å². The second-order valence-electron chi connectivity index (χ2n) is 17.6. The van der Waals surface area contributed by atoms with Gasteiger partial charge < -0.3 is 38.8 Å². The molecule has 5 unspecified atom stereocenters. The van der Waals surface area contributed by atoms with E-state index >= 15 is 0 Å². The fourth-order valence-corrected chi connectivity index (χ4v) is 9.63. The molecule has 12 nitrogen and oxygen atoms in total. The number of carbonyl (C=O) groups excluding carboxylic acids is 4. The smallest absolute Gasteiger partial charge is 0.329 e. The number of cyclic esters (lactones) is 1. The molecule has 56 heavy (non-hydrogen) atoms. The fourth-order valence-electron chi connectivity index (χ4n) is 9.63. The van der Waals surface area contributed by atoms with Crippen LogP contribution in [0.4, 0.5) is 0 Å². The number of nitrogens with zero attached hydrogens (tertiary/aromatic N) is 1. The first-order valence-electron chi connectivity index (χ1n) is 21.1. The van der Waals surface area contributed by atoms with E-state index in [0.29, 0.717) is 38.0 Å². The number of Topliss-reactive ketones (excluding diaryl/α,β-unsaturated/α-hetero) is 2. The number of esters is 1. The molecule has 0 radical (unpaired) electrons. The number of piperidine rings is 1. The van der Waals surface area contributed by atoms with Crippen LogP contribution in [0.3, 0.4) is 0 Å². The summed E-state index contributed by atoms with van der Waals surface area (Å²) in [5.41, 5.74) is 1.76. The molecule has 1 saturated carbocycles. The summed E-state index contributed by atoms with van der Waals surface area (Å²) in [7, 11) is 4.81. The molecule has 2 saturated heterocycles. The van der Waals surface area contributed by atoms with Gasteiger partial charge in [0.1, 0.15) is 24.0 Å². The van der Waals surface area contributed by atoms with Crippen molar-refractivity contribution in [3.8, 4) is 0 Å². The lowest BCUT2D eigenvalue weighted by molar-refractivity contribution is -0.302. The third kappa shape index (κ3) is 10.8. The Hall–Kier alpha value is -2.48. The highest BCUT2D eigenvalue weighted by molar-refractivity contribution is 6.39. The van der Waals surface area contributed by atoms with Crippen molar-refractivity contribution >= 4 is 23.4 Å². The van der Waals surface area contributed by atoms with Crippen LogP contribution in [0.15, 0.2) is 23.3 Å². The van der Waals surface area contributed by atoms with Crippen molar-refractivity contribution in [3.63, 3.8) is 0 Å². The maximum Gasteiger partial charge on any atom is 0.329 e. The predicted molar refractivity (Wildman–Crippen MR) is 211 cm³/mol. The number of aliphatic hydroxyl groups is 2. The summed E-state index contributed by atoms with van der Waals surface area (Å²) in [6, 6.07) is -1.10. The number of ether oxygens (including phenoxy) is 5. The summed E-state index contributed by atoms with van der Waals surface area (Å²) in [6.07, 6.45) is 6.13. The maximum atomic E-state index is 14.3. The van der Waals surface area contributed by atoms with E-state index in [-0.39, 0.29) is 49.5 Å². The molecule has 0 aromatic rings. The standard InChI is InChI=1S/C44H71NO11/c1-11-32-19-25(2)18-26(3)20-37(53-9)40-38(54-10)22-29(6)44(51,56-40)41(48)42(49)45-17-13-12-14-33(45)43(50)55-39(30(7)34(46)24-35(32)47)28(5)21-31-16-15-27(4)36(23-31)52-8/h19,21,26-27,29-34,36-40,46,51H,11-18,20,22-24H2,1-10H3/b25-19+,28-21+/t26-,27?,29?,30+,31-,32+,33-,34-,36?,37-,38?,39+,40+,44?/m0/s1. The molecule has 12 heteroatoms. The number of hydrogen-bond acceptors (Lipinski definition) is 11. The number of allylic oxidation sites excluding steroid dienone is 3. The minimum absolute atomic E-state index is 0.0498. The van der Waals surface area contributed by atoms with E-state index in [1.54, 1.807) is 35.2 Å². The summed E-state index contributed by atoms with van der Waals surface area (Å²) < 4.78 is 30.1. The van der Waals surface area contributed by atoms with Gasteiger partial charge in [-0.25, -0.2) is 4.79 Å². The minimum atomic E-state index is -2.48. The summed E-state index contributed by atoms with van der Waals surface area (Å²) in [4.78, 5) is 57.8. The van der Waals surface area contributed by atoms with Crippen LogP contribution in [0.5, 0.6) is 0 Å². The molecule has 3 aliphatic heterocycles. The average Bonchev–Trinajstić information content (AvgIpc) is 3.18.